The van der Waals surface area contributed by atoms with Gasteiger partial charge in [-0.1, -0.05) is 35.3 Å². The van der Waals surface area contributed by atoms with Gasteiger partial charge in [-0.2, -0.15) is 18.3 Å². The number of nitrogens with zero attached hydrogens (tertiary/aromatic N) is 2. The minimum absolute atomic E-state index is 0.0723. The molecule has 1 aromatic heterocycles. The number of benzene rings is 2. The van der Waals surface area contributed by atoms with E-state index in [1.807, 2.05) is 22.6 Å². The molecule has 0 unspecified atom stereocenters. The summed E-state index contributed by atoms with van der Waals surface area (Å²) in [5.74, 6) is -0.397. The van der Waals surface area contributed by atoms with Crippen LogP contribution in [0.25, 0.3) is 0 Å². The van der Waals surface area contributed by atoms with E-state index in [1.165, 1.54) is 35.1 Å². The fourth-order valence-corrected chi connectivity index (χ4v) is 3.60. The number of halogens is 6. The van der Waals surface area contributed by atoms with Crippen molar-refractivity contribution in [1.29, 1.82) is 0 Å². The monoisotopic (exact) mass is 539 g/mol. The summed E-state index contributed by atoms with van der Waals surface area (Å²) in [6.45, 7) is -0.103. The van der Waals surface area contributed by atoms with Gasteiger partial charge in [-0.15, -0.1) is 0 Å². The molecule has 0 atom stereocenters. The van der Waals surface area contributed by atoms with Crippen LogP contribution in [0.2, 0.25) is 10.0 Å². The molecule has 0 aliphatic carbocycles. The second-order valence-electron chi connectivity index (χ2n) is 5.75. The van der Waals surface area contributed by atoms with Gasteiger partial charge in [0.25, 0.3) is 5.91 Å². The van der Waals surface area contributed by atoms with Crippen molar-refractivity contribution in [2.75, 3.05) is 5.32 Å². The summed E-state index contributed by atoms with van der Waals surface area (Å²) in [4.78, 5) is 12.4. The summed E-state index contributed by atoms with van der Waals surface area (Å²) < 4.78 is 41.6. The number of hydrogen-bond acceptors (Lipinski definition) is 2. The van der Waals surface area contributed by atoms with Gasteiger partial charge in [0.2, 0.25) is 0 Å². The van der Waals surface area contributed by atoms with Crippen molar-refractivity contribution in [3.8, 4) is 0 Å². The average Bonchev–Trinajstić information content (AvgIpc) is 3.02. The summed E-state index contributed by atoms with van der Waals surface area (Å²) in [6.07, 6.45) is -3.00. The fraction of sp³-hybridized carbons (Fsp3) is 0.111. The maximum atomic E-state index is 13.3. The Morgan fingerprint density at radius 2 is 1.82 bits per heavy atom. The highest BCUT2D eigenvalue weighted by molar-refractivity contribution is 14.1. The highest BCUT2D eigenvalue weighted by Crippen LogP contribution is 2.33. The smallest absolute Gasteiger partial charge is 0.305 e. The highest BCUT2D eigenvalue weighted by Gasteiger charge is 2.33. The molecule has 10 heteroatoms. The topological polar surface area (TPSA) is 46.9 Å². The third-order valence-electron chi connectivity index (χ3n) is 3.78. The number of alkyl halides is 3. The zero-order valence-electron chi connectivity index (χ0n) is 13.9. The van der Waals surface area contributed by atoms with Gasteiger partial charge in [0.15, 0.2) is 5.82 Å². The summed E-state index contributed by atoms with van der Waals surface area (Å²) >= 11 is 13.8. The molecule has 0 saturated heterocycles. The Labute approximate surface area is 181 Å². The second-order valence-corrected chi connectivity index (χ2v) is 7.81. The Hall–Kier alpha value is -1.78. The van der Waals surface area contributed by atoms with E-state index >= 15 is 0 Å². The number of rotatable bonds is 4. The van der Waals surface area contributed by atoms with Crippen LogP contribution in [-0.4, -0.2) is 15.7 Å². The minimum Gasteiger partial charge on any atom is -0.305 e. The van der Waals surface area contributed by atoms with Crippen LogP contribution in [0, 0.1) is 3.57 Å². The number of amides is 1. The molecule has 0 aliphatic rings. The number of carbonyl (C=O) groups excluding carboxylic acids is 1. The first kappa shape index (κ1) is 20.9. The van der Waals surface area contributed by atoms with Crippen molar-refractivity contribution >= 4 is 57.5 Å². The van der Waals surface area contributed by atoms with Gasteiger partial charge in [0.05, 0.1) is 27.7 Å². The molecular formula is C18H11Cl2F3IN3O. The maximum Gasteiger partial charge on any atom is 0.416 e. The number of anilines is 1. The first-order valence-electron chi connectivity index (χ1n) is 7.79. The Kier molecular flexibility index (Phi) is 6.21. The van der Waals surface area contributed by atoms with Gasteiger partial charge in [0.1, 0.15) is 0 Å². The van der Waals surface area contributed by atoms with Crippen molar-refractivity contribution in [3.05, 3.63) is 79.0 Å². The van der Waals surface area contributed by atoms with Crippen LogP contribution in [0.1, 0.15) is 21.5 Å². The van der Waals surface area contributed by atoms with Gasteiger partial charge in [-0.05, 0) is 52.4 Å². The molecule has 3 aromatic rings. The lowest BCUT2D eigenvalue weighted by molar-refractivity contribution is -0.138. The standard InChI is InChI=1S/C18H11Cl2F3IN3O/c19-13-2-1-3-14(20)16(13)17(28)25-15-6-7-27(26-15)9-10-4-5-11(24)8-12(10)18(21,22)23/h1-8H,9H2,(H,25,26,28). The molecular weight excluding hydrogens is 529 g/mol. The molecule has 0 radical (unpaired) electrons. The van der Waals surface area contributed by atoms with Crippen LogP contribution >= 0.6 is 45.8 Å². The number of aromatic nitrogens is 2. The molecule has 1 heterocycles. The third kappa shape index (κ3) is 4.79. The van der Waals surface area contributed by atoms with Crippen LogP contribution in [0.5, 0.6) is 0 Å². The van der Waals surface area contributed by atoms with Crippen molar-refractivity contribution in [2.45, 2.75) is 12.7 Å². The molecule has 0 bridgehead atoms. The maximum absolute atomic E-state index is 13.3. The van der Waals surface area contributed by atoms with E-state index in [-0.39, 0.29) is 33.5 Å². The van der Waals surface area contributed by atoms with Crippen LogP contribution in [0.15, 0.2) is 48.7 Å². The zero-order valence-corrected chi connectivity index (χ0v) is 17.6. The number of carbonyl (C=O) groups is 1. The fourth-order valence-electron chi connectivity index (χ4n) is 2.53. The summed E-state index contributed by atoms with van der Waals surface area (Å²) in [7, 11) is 0. The molecule has 1 N–H and O–H groups in total. The van der Waals surface area contributed by atoms with E-state index < -0.39 is 17.6 Å². The van der Waals surface area contributed by atoms with E-state index in [9.17, 15) is 18.0 Å². The van der Waals surface area contributed by atoms with E-state index in [2.05, 4.69) is 10.4 Å². The summed E-state index contributed by atoms with van der Waals surface area (Å²) in [5, 5.41) is 7.00. The predicted octanol–water partition coefficient (Wildman–Crippen LogP) is 6.11. The second kappa shape index (κ2) is 8.30. The van der Waals surface area contributed by atoms with Gasteiger partial charge in [0, 0.05) is 15.8 Å². The van der Waals surface area contributed by atoms with E-state index in [4.69, 9.17) is 23.2 Å². The van der Waals surface area contributed by atoms with E-state index in [0.717, 1.165) is 6.07 Å². The lowest BCUT2D eigenvalue weighted by Gasteiger charge is -2.13. The number of nitrogens with one attached hydrogen (secondary N) is 1. The first-order valence-corrected chi connectivity index (χ1v) is 9.63. The molecule has 0 spiro atoms. The Morgan fingerprint density at radius 1 is 1.14 bits per heavy atom. The predicted molar refractivity (Wildman–Crippen MR) is 110 cm³/mol. The van der Waals surface area contributed by atoms with Crippen LogP contribution in [-0.2, 0) is 12.7 Å². The molecule has 1 amide bonds. The molecule has 146 valence electrons. The molecule has 2 aromatic carbocycles. The minimum atomic E-state index is -4.47. The van der Waals surface area contributed by atoms with Gasteiger partial charge in [-0.25, -0.2) is 0 Å². The summed E-state index contributed by atoms with van der Waals surface area (Å²) in [5.41, 5.74) is -0.552. The van der Waals surface area contributed by atoms with Gasteiger partial charge < -0.3 is 5.32 Å². The van der Waals surface area contributed by atoms with Gasteiger partial charge >= 0.3 is 6.18 Å². The molecule has 0 aliphatic heterocycles. The third-order valence-corrected chi connectivity index (χ3v) is 5.08. The summed E-state index contributed by atoms with van der Waals surface area (Å²) in [6, 6.07) is 10.2. The van der Waals surface area contributed by atoms with Crippen molar-refractivity contribution in [1.82, 2.24) is 9.78 Å². The SMILES string of the molecule is O=C(Nc1ccn(Cc2ccc(I)cc2C(F)(F)F)n1)c1c(Cl)cccc1Cl. The molecule has 4 nitrogen and oxygen atoms in total. The Bertz CT molecular complexity index is 1020. The average molecular weight is 540 g/mol. The first-order chi connectivity index (χ1) is 13.1. The van der Waals surface area contributed by atoms with E-state index in [0.29, 0.717) is 3.57 Å². The van der Waals surface area contributed by atoms with Gasteiger partial charge in [-0.3, -0.25) is 9.48 Å². The van der Waals surface area contributed by atoms with Crippen molar-refractivity contribution in [2.24, 2.45) is 0 Å². The molecule has 0 saturated carbocycles. The van der Waals surface area contributed by atoms with E-state index in [1.54, 1.807) is 12.1 Å². The number of hydrogen-bond donors (Lipinski definition) is 1. The molecule has 0 fully saturated rings. The Balaban J connectivity index is 1.80. The Morgan fingerprint density at radius 3 is 2.46 bits per heavy atom. The molecule has 28 heavy (non-hydrogen) atoms. The van der Waals surface area contributed by atoms with Crippen LogP contribution in [0.3, 0.4) is 0 Å². The van der Waals surface area contributed by atoms with Crippen LogP contribution < -0.4 is 5.32 Å². The van der Waals surface area contributed by atoms with Crippen LogP contribution in [0.4, 0.5) is 19.0 Å². The lowest BCUT2D eigenvalue weighted by atomic mass is 10.1. The van der Waals surface area contributed by atoms with Crippen molar-refractivity contribution in [3.63, 3.8) is 0 Å². The quantitative estimate of drug-likeness (QED) is 0.406. The molecule has 3 rings (SSSR count). The zero-order chi connectivity index (χ0) is 20.5. The normalized spacial score (nSPS) is 11.5. The van der Waals surface area contributed by atoms with Crippen molar-refractivity contribution < 1.29 is 18.0 Å². The lowest BCUT2D eigenvalue weighted by Crippen LogP contribution is -2.15. The largest absolute Gasteiger partial charge is 0.416 e. The highest BCUT2D eigenvalue weighted by atomic mass is 127.